The summed E-state index contributed by atoms with van der Waals surface area (Å²) in [6.45, 7) is 6.77. The molecule has 0 N–H and O–H groups in total. The molecule has 6 heteroatoms. The molecule has 0 aliphatic carbocycles. The maximum absolute atomic E-state index is 6.12. The minimum Gasteiger partial charge on any atom is -0.494 e. The van der Waals surface area contributed by atoms with Crippen molar-refractivity contribution in [3.8, 4) is 11.5 Å². The molecule has 2 aromatic rings. The maximum Gasteiger partial charge on any atom is 0.199 e. The molecule has 5 aliphatic rings. The second-order valence-corrected chi connectivity index (χ2v) is 12.6. The summed E-state index contributed by atoms with van der Waals surface area (Å²) in [6.07, 6.45) is 16.9. The Hall–Kier alpha value is -3.02. The van der Waals surface area contributed by atoms with Gasteiger partial charge in [0.15, 0.2) is 11.8 Å². The van der Waals surface area contributed by atoms with Gasteiger partial charge in [-0.3, -0.25) is 0 Å². The molecule has 5 heterocycles. The van der Waals surface area contributed by atoms with Gasteiger partial charge in [0.1, 0.15) is 42.2 Å². The summed E-state index contributed by atoms with van der Waals surface area (Å²) in [7, 11) is 0. The third kappa shape index (κ3) is 8.52. The molecule has 2 atom stereocenters. The molecular formula is C36H50N2O4. The van der Waals surface area contributed by atoms with E-state index in [0.717, 1.165) is 48.7 Å². The second-order valence-electron chi connectivity index (χ2n) is 12.6. The minimum atomic E-state index is -0.534. The Morgan fingerprint density at radius 3 is 1.17 bits per heavy atom. The van der Waals surface area contributed by atoms with Gasteiger partial charge in [-0.1, -0.05) is 94.9 Å². The third-order valence-corrected chi connectivity index (χ3v) is 8.73. The van der Waals surface area contributed by atoms with E-state index >= 15 is 0 Å². The van der Waals surface area contributed by atoms with Gasteiger partial charge in [-0.2, -0.15) is 0 Å². The van der Waals surface area contributed by atoms with Crippen LogP contribution in [0.25, 0.3) is 0 Å². The number of benzene rings is 2. The Bertz CT molecular complexity index is 1070. The smallest absolute Gasteiger partial charge is 0.199 e. The van der Waals surface area contributed by atoms with E-state index in [2.05, 4.69) is 62.4 Å². The normalized spacial score (nSPS) is 24.5. The number of nitrogens with zero attached hydrogens (tertiary/aromatic N) is 2. The highest BCUT2D eigenvalue weighted by Gasteiger charge is 2.41. The van der Waals surface area contributed by atoms with Gasteiger partial charge in [0.25, 0.3) is 0 Å². The van der Waals surface area contributed by atoms with Crippen LogP contribution < -0.4 is 9.47 Å². The minimum absolute atomic E-state index is 0.0346. The number of rotatable bonds is 0. The van der Waals surface area contributed by atoms with Crippen molar-refractivity contribution in [1.29, 1.82) is 0 Å². The largest absolute Gasteiger partial charge is 0.494 e. The van der Waals surface area contributed by atoms with Crippen molar-refractivity contribution in [3.05, 3.63) is 59.7 Å². The fourth-order valence-corrected chi connectivity index (χ4v) is 5.97. The van der Waals surface area contributed by atoms with E-state index in [1.54, 1.807) is 0 Å². The zero-order chi connectivity index (χ0) is 29.0. The van der Waals surface area contributed by atoms with Crippen LogP contribution in [0.3, 0.4) is 0 Å². The Balaban J connectivity index is 1.21. The molecule has 0 aromatic heterocycles. The first-order valence-corrected chi connectivity index (χ1v) is 16.5. The van der Waals surface area contributed by atoms with Crippen LogP contribution >= 0.6 is 0 Å². The van der Waals surface area contributed by atoms with Crippen molar-refractivity contribution in [3.63, 3.8) is 0 Å². The number of hydrogen-bond acceptors (Lipinski definition) is 6. The predicted octanol–water partition coefficient (Wildman–Crippen LogP) is 9.20. The summed E-state index contributed by atoms with van der Waals surface area (Å²) < 4.78 is 24.3. The predicted molar refractivity (Wildman–Crippen MR) is 170 cm³/mol. The summed E-state index contributed by atoms with van der Waals surface area (Å²) in [5.41, 5.74) is 1.73. The molecule has 8 bridgehead atoms. The first kappa shape index (κ1) is 30.4. The fourth-order valence-electron chi connectivity index (χ4n) is 5.97. The van der Waals surface area contributed by atoms with Crippen LogP contribution in [0.1, 0.15) is 121 Å². The Labute approximate surface area is 252 Å². The number of hydrogen-bond donors (Lipinski definition) is 0. The molecule has 0 fully saturated rings. The molecule has 42 heavy (non-hydrogen) atoms. The summed E-state index contributed by atoms with van der Waals surface area (Å²) in [5, 5.41) is 0. The number of fused-ring (bicyclic) bond motifs is 2. The summed E-state index contributed by atoms with van der Waals surface area (Å²) >= 11 is 0. The zero-order valence-corrected chi connectivity index (χ0v) is 25.8. The van der Waals surface area contributed by atoms with Crippen molar-refractivity contribution >= 4 is 11.8 Å². The standard InChI is InChI=1S/C36H50N2O4/c1-36(2)34-37-32(26-41-34)28-16-20-30(21-17-28)39-24-14-12-10-8-6-4-3-5-7-9-11-13-15-25-40-31-22-18-29(19-23-31)33-27-42-35(36)38-33/h16-23,32-33H,3-15,24-27H2,1-2H3/t32-,33+. The fraction of sp³-hybridized carbons (Fsp3) is 0.611. The molecule has 0 radical (unpaired) electrons. The number of aliphatic imine (C=N–C) groups is 2. The van der Waals surface area contributed by atoms with Crippen LogP contribution in [0.15, 0.2) is 58.5 Å². The van der Waals surface area contributed by atoms with Gasteiger partial charge in [-0.05, 0) is 62.1 Å². The van der Waals surface area contributed by atoms with Crippen molar-refractivity contribution in [2.75, 3.05) is 26.4 Å². The van der Waals surface area contributed by atoms with Crippen molar-refractivity contribution < 1.29 is 18.9 Å². The zero-order valence-electron chi connectivity index (χ0n) is 25.8. The van der Waals surface area contributed by atoms with E-state index in [-0.39, 0.29) is 12.1 Å². The summed E-state index contributed by atoms with van der Waals surface area (Å²) in [5.74, 6) is 3.21. The SMILES string of the molecule is CC1(C)C2=N[C@@H](CO2)c2ccc(cc2)OCCCCCCCCCCCCCCCOc2ccc(cc2)[C@H]2COC1=N2. The first-order valence-electron chi connectivity index (χ1n) is 16.5. The van der Waals surface area contributed by atoms with Crippen molar-refractivity contribution in [1.82, 2.24) is 0 Å². The average Bonchev–Trinajstić information content (AvgIpc) is 3.71. The van der Waals surface area contributed by atoms with E-state index in [1.165, 1.54) is 70.6 Å². The second kappa shape index (κ2) is 15.5. The molecule has 228 valence electrons. The Morgan fingerprint density at radius 2 is 0.810 bits per heavy atom. The van der Waals surface area contributed by atoms with Gasteiger partial charge in [-0.25, -0.2) is 9.98 Å². The van der Waals surface area contributed by atoms with Crippen molar-refractivity contribution in [2.45, 2.75) is 109 Å². The molecule has 0 saturated carbocycles. The molecule has 0 unspecified atom stereocenters. The van der Waals surface area contributed by atoms with E-state index in [0.29, 0.717) is 25.0 Å². The van der Waals surface area contributed by atoms with Gasteiger partial charge < -0.3 is 18.9 Å². The Morgan fingerprint density at radius 1 is 0.476 bits per heavy atom. The van der Waals surface area contributed by atoms with Gasteiger partial charge in [-0.15, -0.1) is 0 Å². The molecular weight excluding hydrogens is 524 g/mol. The highest BCUT2D eigenvalue weighted by atomic mass is 16.5. The monoisotopic (exact) mass is 574 g/mol. The summed E-state index contributed by atoms with van der Waals surface area (Å²) in [6, 6.07) is 16.6. The van der Waals surface area contributed by atoms with Crippen LogP contribution in [0.4, 0.5) is 0 Å². The highest BCUT2D eigenvalue weighted by Crippen LogP contribution is 2.36. The van der Waals surface area contributed by atoms with Crippen LogP contribution in [-0.4, -0.2) is 38.2 Å². The van der Waals surface area contributed by atoms with Crippen LogP contribution in [0.2, 0.25) is 0 Å². The quantitative estimate of drug-likeness (QED) is 0.315. The van der Waals surface area contributed by atoms with Crippen LogP contribution in [0.5, 0.6) is 11.5 Å². The topological polar surface area (TPSA) is 61.6 Å². The maximum atomic E-state index is 6.12. The van der Waals surface area contributed by atoms with E-state index in [9.17, 15) is 0 Å². The third-order valence-electron chi connectivity index (χ3n) is 8.73. The van der Waals surface area contributed by atoms with E-state index < -0.39 is 5.41 Å². The van der Waals surface area contributed by atoms with E-state index in [4.69, 9.17) is 28.9 Å². The molecule has 6 nitrogen and oxygen atoms in total. The molecule has 0 saturated heterocycles. The van der Waals surface area contributed by atoms with Gasteiger partial charge in [0, 0.05) is 0 Å². The highest BCUT2D eigenvalue weighted by molar-refractivity contribution is 6.05. The lowest BCUT2D eigenvalue weighted by molar-refractivity contribution is 0.264. The van der Waals surface area contributed by atoms with Gasteiger partial charge in [0.05, 0.1) is 13.2 Å². The molecule has 7 rings (SSSR count). The molecule has 2 aromatic carbocycles. The van der Waals surface area contributed by atoms with Gasteiger partial charge >= 0.3 is 0 Å². The van der Waals surface area contributed by atoms with Crippen molar-refractivity contribution in [2.24, 2.45) is 15.4 Å². The molecule has 5 aliphatic heterocycles. The Kier molecular flexibility index (Phi) is 11.2. The van der Waals surface area contributed by atoms with Crippen LogP contribution in [-0.2, 0) is 9.47 Å². The lowest BCUT2D eigenvalue weighted by Crippen LogP contribution is -2.34. The van der Waals surface area contributed by atoms with E-state index in [1.807, 2.05) is 0 Å². The lowest BCUT2D eigenvalue weighted by atomic mass is 9.93. The first-order chi connectivity index (χ1) is 20.6. The lowest BCUT2D eigenvalue weighted by Gasteiger charge is -2.22. The number of ether oxygens (including phenoxy) is 4. The van der Waals surface area contributed by atoms with Gasteiger partial charge in [0.2, 0.25) is 0 Å². The molecule has 0 amide bonds. The molecule has 0 spiro atoms. The summed E-state index contributed by atoms with van der Waals surface area (Å²) in [4.78, 5) is 9.92. The van der Waals surface area contributed by atoms with Crippen LogP contribution in [0, 0.1) is 5.41 Å². The average molecular weight is 575 g/mol.